The van der Waals surface area contributed by atoms with E-state index in [0.29, 0.717) is 0 Å². The van der Waals surface area contributed by atoms with Gasteiger partial charge in [0.1, 0.15) is 0 Å². The average molecular weight is 561 g/mol. The van der Waals surface area contributed by atoms with Crippen molar-refractivity contribution in [2.75, 3.05) is 0 Å². The van der Waals surface area contributed by atoms with E-state index in [0.717, 1.165) is 0 Å². The molecule has 0 bridgehead atoms. The maximum absolute atomic E-state index is 14.2. The Morgan fingerprint density at radius 1 is 0.774 bits per heavy atom. The fourth-order valence-electron chi connectivity index (χ4n) is 8.97. The van der Waals surface area contributed by atoms with Crippen molar-refractivity contribution in [2.24, 2.45) is 0 Å². The molecule has 1 spiro atoms. The monoisotopic (exact) mass is 560 g/mol. The van der Waals surface area contributed by atoms with E-state index in [9.17, 15) is 14.4 Å². The summed E-state index contributed by atoms with van der Waals surface area (Å²) in [6.07, 6.45) is 0. The summed E-state index contributed by atoms with van der Waals surface area (Å²) in [6, 6.07) is 0. The normalized spacial score (nSPS) is 24.4. The maximum atomic E-state index is 14.2. The minimum absolute atomic E-state index is 0.0131. The van der Waals surface area contributed by atoms with E-state index in [4.69, 9.17) is 5.32 Å². The third kappa shape index (κ3) is 2.64. The Hall–Kier alpha value is 0.165. The number of carbonyl (C=O) groups excluding carboxylic acids is 3. The summed E-state index contributed by atoms with van der Waals surface area (Å²) in [5.74, 6) is 0. The van der Waals surface area contributed by atoms with Crippen LogP contribution >= 0.6 is 0 Å². The number of nitrogens with zero attached hydrogens (tertiary/aromatic N) is 3. The SMILES string of the molecule is CC(C)(C)[N]C(=O)[Si](C)(C)[Y]12([N](C(C)(C)C)C(=O)[Si]1(C)C)[N](C(C)(C)C)C(=O)[Si]2(C)C. The van der Waals surface area contributed by atoms with Gasteiger partial charge in [-0.2, -0.15) is 0 Å². The zero-order chi connectivity index (χ0) is 25.0. The van der Waals surface area contributed by atoms with Gasteiger partial charge in [-0.25, -0.2) is 0 Å². The second-order valence-corrected chi connectivity index (χ2v) is 97.0. The quantitative estimate of drug-likeness (QED) is 0.398. The van der Waals surface area contributed by atoms with Crippen molar-refractivity contribution in [3.63, 3.8) is 0 Å². The molecular weight excluding hydrogens is 515 g/mol. The molecular formula is C21H45N3O3Si3Y. The van der Waals surface area contributed by atoms with Crippen LogP contribution in [0.5, 0.6) is 0 Å². The van der Waals surface area contributed by atoms with Crippen LogP contribution in [0.3, 0.4) is 0 Å². The summed E-state index contributed by atoms with van der Waals surface area (Å²) in [4.78, 5) is 42.1. The molecule has 0 atom stereocenters. The van der Waals surface area contributed by atoms with Crippen molar-refractivity contribution in [3.8, 4) is 0 Å². The molecule has 0 aromatic heterocycles. The molecule has 2 heterocycles. The third-order valence-electron chi connectivity index (χ3n) is 9.08. The molecule has 0 N–H and O–H groups in total. The van der Waals surface area contributed by atoms with Crippen molar-refractivity contribution in [2.45, 2.75) is 118 Å². The zero-order valence-electron chi connectivity index (χ0n) is 22.6. The van der Waals surface area contributed by atoms with Crippen LogP contribution in [0, 0.1) is 0 Å². The first-order valence-electron chi connectivity index (χ1n) is 11.6. The number of hydrogen-bond acceptors (Lipinski definition) is 3. The van der Waals surface area contributed by atoms with Gasteiger partial charge in [-0.3, -0.25) is 0 Å². The van der Waals surface area contributed by atoms with E-state index in [-0.39, 0.29) is 16.6 Å². The molecule has 1 radical (unpaired) electrons. The fraction of sp³-hybridized carbons (Fsp3) is 0.857. The minimum atomic E-state index is -4.90. The van der Waals surface area contributed by atoms with Crippen LogP contribution in [-0.4, -0.2) is 49.6 Å². The van der Waals surface area contributed by atoms with Gasteiger partial charge in [0, 0.05) is 0 Å². The molecule has 2 aliphatic rings. The van der Waals surface area contributed by atoms with Crippen LogP contribution in [0.15, 0.2) is 0 Å². The molecule has 2 saturated heterocycles. The second kappa shape index (κ2) is 6.64. The molecule has 0 aromatic rings. The van der Waals surface area contributed by atoms with Crippen molar-refractivity contribution in [1.29, 1.82) is 0 Å². The Labute approximate surface area is 191 Å². The van der Waals surface area contributed by atoms with Crippen LogP contribution in [0.4, 0.5) is 14.4 Å². The standard InChI is InChI=1S/2C7H16NOSi.C7H15NOSi.Y/c3*1-7(2,3)8-6(9)10(4)5;/h2*1-5H3,(H,8,9);1-5H3;/q;;;+2/p-2. The van der Waals surface area contributed by atoms with Crippen LogP contribution in [0.2, 0.25) is 39.3 Å². The van der Waals surface area contributed by atoms with Crippen molar-refractivity contribution < 1.29 is 36.1 Å². The Balaban J connectivity index is 3.14. The molecule has 31 heavy (non-hydrogen) atoms. The van der Waals surface area contributed by atoms with Gasteiger partial charge in [-0.15, -0.1) is 0 Å². The number of carbonyl (C=O) groups is 3. The summed E-state index contributed by atoms with van der Waals surface area (Å²) in [6.45, 7) is 31.6. The van der Waals surface area contributed by atoms with Gasteiger partial charge in [0.05, 0.1) is 0 Å². The summed E-state index contributed by atoms with van der Waals surface area (Å²) in [5.41, 5.74) is -0.810. The predicted molar refractivity (Wildman–Crippen MR) is 134 cm³/mol. The van der Waals surface area contributed by atoms with Crippen LogP contribution in [-0.2, 0) is 21.7 Å². The average Bonchev–Trinajstić information content (AvgIpc) is 2.48. The molecule has 6 nitrogen and oxygen atoms in total. The summed E-state index contributed by atoms with van der Waals surface area (Å²) < 4.78 is -3.61. The Morgan fingerprint density at radius 3 is 1.29 bits per heavy atom. The van der Waals surface area contributed by atoms with Gasteiger partial charge in [0.25, 0.3) is 0 Å². The molecule has 0 saturated carbocycles. The summed E-state index contributed by atoms with van der Waals surface area (Å²) in [7, 11) is 0. The molecule has 177 valence electrons. The van der Waals surface area contributed by atoms with E-state index >= 15 is 0 Å². The first-order valence-corrected chi connectivity index (χ1v) is 36.1. The molecule has 0 aromatic carbocycles. The van der Waals surface area contributed by atoms with Gasteiger partial charge >= 0.3 is 193 Å². The van der Waals surface area contributed by atoms with E-state index in [1.807, 2.05) is 20.8 Å². The number of rotatable bonds is 2. The molecule has 0 unspecified atom stereocenters. The van der Waals surface area contributed by atoms with Crippen LogP contribution in [0.25, 0.3) is 0 Å². The molecule has 2 rings (SSSR count). The molecule has 3 amide bonds. The van der Waals surface area contributed by atoms with Crippen molar-refractivity contribution >= 4 is 28.9 Å². The van der Waals surface area contributed by atoms with Crippen LogP contribution < -0.4 is 5.32 Å². The fourth-order valence-corrected chi connectivity index (χ4v) is 248. The number of amides is 3. The Bertz CT molecular complexity index is 814. The number of hydrogen-bond donors (Lipinski definition) is 0. The van der Waals surface area contributed by atoms with Gasteiger partial charge in [0.15, 0.2) is 0 Å². The second-order valence-electron chi connectivity index (χ2n) is 14.8. The summed E-state index contributed by atoms with van der Waals surface area (Å²) >= 11 is -4.90. The van der Waals surface area contributed by atoms with Gasteiger partial charge in [0.2, 0.25) is 0 Å². The van der Waals surface area contributed by atoms with Crippen molar-refractivity contribution in [3.05, 3.63) is 0 Å². The molecule has 0 aliphatic carbocycles. The van der Waals surface area contributed by atoms with E-state index in [2.05, 4.69) is 84.9 Å². The molecule has 2 aliphatic heterocycles. The van der Waals surface area contributed by atoms with E-state index in [1.54, 1.807) is 0 Å². The van der Waals surface area contributed by atoms with E-state index < -0.39 is 50.6 Å². The Kier molecular flexibility index (Phi) is 5.87. The van der Waals surface area contributed by atoms with Gasteiger partial charge in [-0.1, -0.05) is 0 Å². The molecule has 2 fully saturated rings. The third-order valence-corrected chi connectivity index (χ3v) is 184. The summed E-state index contributed by atoms with van der Waals surface area (Å²) in [5, 5.41) is 4.72. The first-order chi connectivity index (χ1) is 13.3. The van der Waals surface area contributed by atoms with Gasteiger partial charge < -0.3 is 0 Å². The Morgan fingerprint density at radius 2 is 1.06 bits per heavy atom. The predicted octanol–water partition coefficient (Wildman–Crippen LogP) is 5.86. The van der Waals surface area contributed by atoms with Crippen molar-refractivity contribution in [1.82, 2.24) is 9.38 Å². The van der Waals surface area contributed by atoms with Gasteiger partial charge in [-0.05, 0) is 0 Å². The molecule has 10 heteroatoms. The first kappa shape index (κ1) is 27.4. The topological polar surface area (TPSA) is 71.8 Å². The van der Waals surface area contributed by atoms with E-state index in [1.165, 1.54) is 0 Å². The van der Waals surface area contributed by atoms with Crippen LogP contribution in [0.1, 0.15) is 62.3 Å². The zero-order valence-corrected chi connectivity index (χ0v) is 28.5.